The summed E-state index contributed by atoms with van der Waals surface area (Å²) in [4.78, 5) is 2.46. The lowest BCUT2D eigenvalue weighted by Crippen LogP contribution is -2.61. The summed E-state index contributed by atoms with van der Waals surface area (Å²) >= 11 is 0. The van der Waals surface area contributed by atoms with Gasteiger partial charge in [0, 0.05) is 33.3 Å². The molecule has 0 amide bonds. The third kappa shape index (κ3) is 10.9. The van der Waals surface area contributed by atoms with E-state index < -0.39 is 6.23 Å². The van der Waals surface area contributed by atoms with Gasteiger partial charge >= 0.3 is 0 Å². The number of rotatable bonds is 11. The van der Waals surface area contributed by atoms with Gasteiger partial charge in [-0.05, 0) is 155 Å². The summed E-state index contributed by atoms with van der Waals surface area (Å²) < 4.78 is 22.0. The first-order valence-electron chi connectivity index (χ1n) is 30.2. The molecule has 0 bridgehead atoms. The van der Waals surface area contributed by atoms with E-state index in [1.165, 1.54) is 33.4 Å². The first kappa shape index (κ1) is 56.7. The topological polar surface area (TPSA) is 34.8 Å². The van der Waals surface area contributed by atoms with Gasteiger partial charge in [-0.3, -0.25) is 0 Å². The smallest absolute Gasteiger partial charge is 0.256 e. The molecule has 85 heavy (non-hydrogen) atoms. The number of hydrogen-bond donors (Lipinski definition) is 0. The number of allylic oxidation sites excluding steroid dienone is 5. The Morgan fingerprint density at radius 2 is 1.07 bits per heavy atom. The molecule has 0 saturated heterocycles. The van der Waals surface area contributed by atoms with Crippen LogP contribution in [0.5, 0.6) is 17.2 Å². The van der Waals surface area contributed by atoms with Crippen molar-refractivity contribution in [3.63, 3.8) is 0 Å². The fourth-order valence-electron chi connectivity index (χ4n) is 12.2. The van der Waals surface area contributed by atoms with E-state index in [0.717, 1.165) is 106 Å². The van der Waals surface area contributed by atoms with E-state index in [9.17, 15) is 0 Å². The molecule has 2 aliphatic heterocycles. The van der Waals surface area contributed by atoms with Gasteiger partial charge in [0.05, 0.1) is 0 Å². The van der Waals surface area contributed by atoms with Gasteiger partial charge in [-0.15, -0.1) is 0 Å². The number of hydrogen-bond acceptors (Lipinski definition) is 4. The summed E-state index contributed by atoms with van der Waals surface area (Å²) in [5.41, 5.74) is 21.6. The van der Waals surface area contributed by atoms with Crippen molar-refractivity contribution in [2.24, 2.45) is 0 Å². The summed E-state index contributed by atoms with van der Waals surface area (Å²) in [5.74, 6) is 2.38. The third-order valence-electron chi connectivity index (χ3n) is 17.2. The molecule has 0 spiro atoms. The van der Waals surface area contributed by atoms with Crippen LogP contribution in [0.25, 0.3) is 67.0 Å². The molecule has 0 N–H and O–H groups in total. The summed E-state index contributed by atoms with van der Waals surface area (Å²) in [6, 6.07) is 67.0. The molecule has 1 unspecified atom stereocenters. The number of anilines is 2. The molecule has 0 fully saturated rings. The highest BCUT2D eigenvalue weighted by Gasteiger charge is 2.45. The molecular weight excluding hydrogens is 1030 g/mol. The molecule has 10 aromatic rings. The number of furan rings is 1. The van der Waals surface area contributed by atoms with E-state index in [4.69, 9.17) is 13.9 Å². The van der Waals surface area contributed by atoms with Crippen LogP contribution in [0, 0.1) is 0 Å². The van der Waals surface area contributed by atoms with Crippen LogP contribution in [-0.4, -0.2) is 12.9 Å². The van der Waals surface area contributed by atoms with E-state index in [2.05, 4.69) is 296 Å². The normalized spacial score (nSPS) is 14.0. The van der Waals surface area contributed by atoms with Gasteiger partial charge in [-0.1, -0.05) is 260 Å². The van der Waals surface area contributed by atoms with Crippen molar-refractivity contribution in [2.45, 2.75) is 118 Å². The molecule has 0 radical (unpaired) electrons. The zero-order valence-electron chi connectivity index (χ0n) is 51.8. The molecule has 5 heteroatoms. The summed E-state index contributed by atoms with van der Waals surface area (Å²) in [5, 5.41) is 2.14. The van der Waals surface area contributed by atoms with Crippen LogP contribution >= 0.6 is 0 Å². The van der Waals surface area contributed by atoms with Gasteiger partial charge < -0.3 is 18.8 Å². The maximum Gasteiger partial charge on any atom is 0.256 e. The van der Waals surface area contributed by atoms with E-state index in [-0.39, 0.29) is 28.4 Å². The highest BCUT2D eigenvalue weighted by Crippen LogP contribution is 2.46. The number of ether oxygens (including phenoxy) is 2. The Bertz CT molecular complexity index is 4270. The Kier molecular flexibility index (Phi) is 14.5. The monoisotopic (exact) mass is 1110 g/mol. The second-order valence-electron chi connectivity index (χ2n) is 27.4. The fraction of sp³-hybridized carbons (Fsp3) is 0.225. The lowest BCUT2D eigenvalue weighted by Gasteiger charge is -2.44. The maximum absolute atomic E-state index is 7.86. The maximum atomic E-state index is 7.86. The second kappa shape index (κ2) is 21.7. The van der Waals surface area contributed by atoms with E-state index in [1.54, 1.807) is 0 Å². The molecule has 12 rings (SSSR count). The zero-order chi connectivity index (χ0) is 59.7. The minimum Gasteiger partial charge on any atom is -0.465 e. The second-order valence-corrected chi connectivity index (χ2v) is 27.4. The van der Waals surface area contributed by atoms with E-state index in [0.29, 0.717) is 0 Å². The Labute approximate surface area is 505 Å². The first-order chi connectivity index (χ1) is 40.5. The lowest BCUT2D eigenvalue weighted by atomic mass is 9.34. The van der Waals surface area contributed by atoms with Crippen LogP contribution in [0.4, 0.5) is 11.4 Å². The highest BCUT2D eigenvalue weighted by atomic mass is 16.5. The lowest BCUT2D eigenvalue weighted by molar-refractivity contribution is 0.264. The Hall–Kier alpha value is -8.80. The third-order valence-corrected chi connectivity index (χ3v) is 17.2. The van der Waals surface area contributed by atoms with Crippen molar-refractivity contribution in [3.05, 3.63) is 252 Å². The van der Waals surface area contributed by atoms with Gasteiger partial charge in [0.2, 0.25) is 6.23 Å². The Morgan fingerprint density at radius 3 is 1.71 bits per heavy atom. The average Bonchev–Trinajstić information content (AvgIpc) is 1.64. The predicted molar refractivity (Wildman–Crippen MR) is 364 cm³/mol. The van der Waals surface area contributed by atoms with Gasteiger partial charge in [-0.25, -0.2) is 0 Å². The van der Waals surface area contributed by atoms with Gasteiger partial charge in [0.25, 0.3) is 6.71 Å². The first-order valence-corrected chi connectivity index (χ1v) is 30.2. The largest absolute Gasteiger partial charge is 0.465 e. The standard InChI is InChI=1S/C80H78BNO3/c1-15-17-26-52-29-22-24-32-70(52)85-76(63(30-18-16-2)55-34-37-65-64-31-23-25-33-71(64)83-73(65)47-55)82-68-38-35-53(56-40-59(77(3,4)5)49-60(41-56)78(6,7)8)44-66(68)81-67-45-54(57-42-61(79(9,10)11)50-62(43-57)80(12,13)14)36-39-72(67)84-74-48-58(46-69(82)75(74)81)51-27-20-19-21-28-51/h15-50,76H,1H2,2-14H3/b18-16-,26-17+,63-30?. The Balaban J connectivity index is 1.18. The molecule has 9 aromatic carbocycles. The van der Waals surface area contributed by atoms with Crippen molar-refractivity contribution in [1.82, 2.24) is 0 Å². The SMILES string of the molecule is C=C/C=C/c1ccccc1OC(C(=C/C=C\C)c1ccc2c(c1)oc1ccccc12)N1c2ccc(-c3cc(C(C)(C)C)cc(C(C)(C)C)c3)cc2B2c3cc(-c4cc(C(C)(C)C)cc(C(C)(C)C)c4)ccc3Oc3cc(-c4ccccc4)cc1c32. The average molecular weight is 1110 g/mol. The molecule has 424 valence electrons. The van der Waals surface area contributed by atoms with Crippen LogP contribution < -0.4 is 30.8 Å². The van der Waals surface area contributed by atoms with Crippen LogP contribution in [0.15, 0.2) is 223 Å². The fourth-order valence-corrected chi connectivity index (χ4v) is 12.2. The van der Waals surface area contributed by atoms with Crippen molar-refractivity contribution in [2.75, 3.05) is 4.90 Å². The molecule has 4 nitrogen and oxygen atoms in total. The Morgan fingerprint density at radius 1 is 0.494 bits per heavy atom. The minimum atomic E-state index is -0.766. The predicted octanol–water partition coefficient (Wildman–Crippen LogP) is 20.1. The van der Waals surface area contributed by atoms with Crippen LogP contribution in [0.3, 0.4) is 0 Å². The highest BCUT2D eigenvalue weighted by molar-refractivity contribution is 6.99. The van der Waals surface area contributed by atoms with Crippen LogP contribution in [0.1, 0.15) is 123 Å². The minimum absolute atomic E-state index is 0.0595. The number of para-hydroxylation sites is 2. The number of nitrogens with zero attached hydrogens (tertiary/aromatic N) is 1. The van der Waals surface area contributed by atoms with Gasteiger partial charge in [0.1, 0.15) is 28.4 Å². The van der Waals surface area contributed by atoms with Crippen LogP contribution in [0.2, 0.25) is 0 Å². The van der Waals surface area contributed by atoms with Crippen LogP contribution in [-0.2, 0) is 21.7 Å². The molecule has 1 aromatic heterocycles. The number of benzene rings is 9. The van der Waals surface area contributed by atoms with Gasteiger partial charge in [0.15, 0.2) is 0 Å². The van der Waals surface area contributed by atoms with Crippen molar-refractivity contribution in [3.8, 4) is 50.6 Å². The van der Waals surface area contributed by atoms with Crippen molar-refractivity contribution in [1.29, 1.82) is 0 Å². The summed E-state index contributed by atoms with van der Waals surface area (Å²) in [7, 11) is 0. The summed E-state index contributed by atoms with van der Waals surface area (Å²) in [6.07, 6.45) is 11.5. The summed E-state index contributed by atoms with van der Waals surface area (Å²) in [6.45, 7) is 33.7. The molecule has 1 atom stereocenters. The molecule has 0 aliphatic carbocycles. The van der Waals surface area contributed by atoms with Gasteiger partial charge in [-0.2, -0.15) is 0 Å². The number of fused-ring (bicyclic) bond motifs is 7. The zero-order valence-corrected chi connectivity index (χ0v) is 51.8. The quantitative estimate of drug-likeness (QED) is 0.0955. The molecule has 3 heterocycles. The van der Waals surface area contributed by atoms with Crippen molar-refractivity contribution < 1.29 is 13.9 Å². The molecule has 2 aliphatic rings. The molecular formula is C80H78BNO3. The van der Waals surface area contributed by atoms with Crippen molar-refractivity contribution >= 4 is 68.1 Å². The molecule has 0 saturated carbocycles. The van der Waals surface area contributed by atoms with E-state index >= 15 is 0 Å². The van der Waals surface area contributed by atoms with E-state index in [1.807, 2.05) is 24.3 Å².